The first-order chi connectivity index (χ1) is 8.50. The largest absolute Gasteiger partial charge is 0.468 e. The Bertz CT molecular complexity index is 457. The predicted molar refractivity (Wildman–Crippen MR) is 65.7 cm³/mol. The van der Waals surface area contributed by atoms with Crippen molar-refractivity contribution in [1.29, 1.82) is 0 Å². The molecule has 0 saturated carbocycles. The highest BCUT2D eigenvalue weighted by Gasteiger charge is 2.30. The summed E-state index contributed by atoms with van der Waals surface area (Å²) in [6.45, 7) is 5.50. The Balaban J connectivity index is 2.24. The van der Waals surface area contributed by atoms with Gasteiger partial charge >= 0.3 is 5.82 Å². The van der Waals surface area contributed by atoms with Crippen molar-refractivity contribution < 1.29 is 9.66 Å². The van der Waals surface area contributed by atoms with Crippen molar-refractivity contribution in [2.24, 2.45) is 13.0 Å². The summed E-state index contributed by atoms with van der Waals surface area (Å²) in [5.74, 6) is 1.00. The number of rotatable bonds is 3. The Morgan fingerprint density at radius 2 is 2.33 bits per heavy atom. The van der Waals surface area contributed by atoms with Crippen molar-refractivity contribution in [3.05, 3.63) is 15.9 Å². The van der Waals surface area contributed by atoms with Crippen LogP contribution < -0.4 is 10.1 Å². The maximum Gasteiger partial charge on any atom is 0.426 e. The van der Waals surface area contributed by atoms with Crippen LogP contribution in [0.1, 0.15) is 19.2 Å². The molecule has 2 unspecified atom stereocenters. The fraction of sp³-hybridized carbons (Fsp3) is 0.727. The maximum atomic E-state index is 10.9. The van der Waals surface area contributed by atoms with E-state index in [1.54, 1.807) is 18.5 Å². The summed E-state index contributed by atoms with van der Waals surface area (Å²) >= 11 is 0. The van der Waals surface area contributed by atoms with Crippen LogP contribution in [-0.2, 0) is 7.05 Å². The summed E-state index contributed by atoms with van der Waals surface area (Å²) in [4.78, 5) is 14.4. The van der Waals surface area contributed by atoms with Crippen LogP contribution in [0.3, 0.4) is 0 Å². The van der Waals surface area contributed by atoms with Crippen LogP contribution in [0.5, 0.6) is 5.88 Å². The second-order valence-corrected chi connectivity index (χ2v) is 4.73. The zero-order chi connectivity index (χ0) is 13.3. The maximum absolute atomic E-state index is 10.9. The summed E-state index contributed by atoms with van der Waals surface area (Å²) in [7, 11) is 1.73. The van der Waals surface area contributed by atoms with Gasteiger partial charge in [0.25, 0.3) is 5.88 Å². The summed E-state index contributed by atoms with van der Waals surface area (Å²) in [6, 6.07) is 0. The molecule has 2 heterocycles. The molecule has 0 aliphatic carbocycles. The van der Waals surface area contributed by atoms with Gasteiger partial charge in [-0.05, 0) is 28.8 Å². The lowest BCUT2D eigenvalue weighted by molar-refractivity contribution is -0.390. The molecule has 1 aromatic rings. The number of nitrogens with zero attached hydrogens (tertiary/aromatic N) is 3. The molecule has 1 aromatic heterocycles. The van der Waals surface area contributed by atoms with Gasteiger partial charge in [-0.15, -0.1) is 0 Å². The number of imidazole rings is 1. The standard InChI is InChI=1S/C11H18N4O3/c1-7-4-5-12-6-9(7)18-11-10(15(16)17)13-8(2)14(11)3/h7,9,12H,4-6H2,1-3H3. The van der Waals surface area contributed by atoms with Gasteiger partial charge in [-0.2, -0.15) is 0 Å². The Morgan fingerprint density at radius 3 is 2.94 bits per heavy atom. The van der Waals surface area contributed by atoms with Crippen molar-refractivity contribution in [2.45, 2.75) is 26.4 Å². The third-order valence-corrected chi connectivity index (χ3v) is 3.44. The second kappa shape index (κ2) is 4.93. The average Bonchev–Trinajstić information content (AvgIpc) is 2.60. The Labute approximate surface area is 105 Å². The van der Waals surface area contributed by atoms with Gasteiger partial charge in [0.15, 0.2) is 0 Å². The fourth-order valence-corrected chi connectivity index (χ4v) is 2.09. The highest BCUT2D eigenvalue weighted by molar-refractivity contribution is 5.36. The number of nitrogens with one attached hydrogen (secondary N) is 1. The number of nitro groups is 1. The van der Waals surface area contributed by atoms with Crippen LogP contribution in [0, 0.1) is 23.0 Å². The van der Waals surface area contributed by atoms with Gasteiger partial charge in [-0.25, -0.2) is 0 Å². The topological polar surface area (TPSA) is 82.2 Å². The molecule has 1 saturated heterocycles. The minimum atomic E-state index is -0.497. The SMILES string of the molecule is Cc1nc([N+](=O)[O-])c(OC2CNCCC2C)n1C. The monoisotopic (exact) mass is 254 g/mol. The van der Waals surface area contributed by atoms with Crippen LogP contribution in [0.15, 0.2) is 0 Å². The van der Waals surface area contributed by atoms with E-state index in [-0.39, 0.29) is 17.8 Å². The van der Waals surface area contributed by atoms with Crippen LogP contribution in [0.4, 0.5) is 5.82 Å². The molecule has 0 amide bonds. The molecule has 1 aliphatic rings. The van der Waals surface area contributed by atoms with Gasteiger partial charge in [0, 0.05) is 20.5 Å². The molecular formula is C11H18N4O3. The summed E-state index contributed by atoms with van der Waals surface area (Å²) in [6.07, 6.45) is 0.960. The molecule has 1 N–H and O–H groups in total. The number of aryl methyl sites for hydroxylation is 1. The van der Waals surface area contributed by atoms with Crippen LogP contribution in [-0.4, -0.2) is 33.7 Å². The van der Waals surface area contributed by atoms with E-state index in [1.807, 2.05) is 0 Å². The molecule has 0 bridgehead atoms. The molecule has 2 atom stereocenters. The van der Waals surface area contributed by atoms with E-state index in [2.05, 4.69) is 17.2 Å². The van der Waals surface area contributed by atoms with Gasteiger partial charge in [-0.1, -0.05) is 6.92 Å². The normalized spacial score (nSPS) is 23.9. The van der Waals surface area contributed by atoms with E-state index in [0.717, 1.165) is 13.0 Å². The fourth-order valence-electron chi connectivity index (χ4n) is 2.09. The van der Waals surface area contributed by atoms with E-state index >= 15 is 0 Å². The molecular weight excluding hydrogens is 236 g/mol. The van der Waals surface area contributed by atoms with Gasteiger partial charge in [-0.3, -0.25) is 4.57 Å². The zero-order valence-electron chi connectivity index (χ0n) is 10.8. The quantitative estimate of drug-likeness (QED) is 0.643. The van der Waals surface area contributed by atoms with Crippen molar-refractivity contribution in [1.82, 2.24) is 14.9 Å². The molecule has 0 spiro atoms. The molecule has 2 rings (SSSR count). The van der Waals surface area contributed by atoms with E-state index < -0.39 is 4.92 Å². The first kappa shape index (κ1) is 12.8. The summed E-state index contributed by atoms with van der Waals surface area (Å²) in [5.41, 5.74) is 0. The van der Waals surface area contributed by atoms with Crippen molar-refractivity contribution in [3.8, 4) is 5.88 Å². The van der Waals surface area contributed by atoms with Gasteiger partial charge in [0.2, 0.25) is 5.82 Å². The van der Waals surface area contributed by atoms with E-state index in [0.29, 0.717) is 18.3 Å². The molecule has 0 radical (unpaired) electrons. The zero-order valence-corrected chi connectivity index (χ0v) is 10.8. The Hall–Kier alpha value is -1.63. The van der Waals surface area contributed by atoms with Gasteiger partial charge in [0.1, 0.15) is 6.10 Å². The number of piperidine rings is 1. The number of hydrogen-bond donors (Lipinski definition) is 1. The first-order valence-electron chi connectivity index (χ1n) is 6.05. The lowest BCUT2D eigenvalue weighted by Gasteiger charge is -2.29. The second-order valence-electron chi connectivity index (χ2n) is 4.73. The molecule has 0 aromatic carbocycles. The number of hydrogen-bond acceptors (Lipinski definition) is 5. The highest BCUT2D eigenvalue weighted by Crippen LogP contribution is 2.29. The van der Waals surface area contributed by atoms with Crippen molar-refractivity contribution in [2.75, 3.05) is 13.1 Å². The summed E-state index contributed by atoms with van der Waals surface area (Å²) < 4.78 is 7.43. The van der Waals surface area contributed by atoms with E-state index in [4.69, 9.17) is 4.74 Å². The van der Waals surface area contributed by atoms with Gasteiger partial charge in [0.05, 0.1) is 0 Å². The highest BCUT2D eigenvalue weighted by atomic mass is 16.6. The predicted octanol–water partition coefficient (Wildman–Crippen LogP) is 1.01. The lowest BCUT2D eigenvalue weighted by Crippen LogP contribution is -2.43. The van der Waals surface area contributed by atoms with Crippen molar-refractivity contribution in [3.63, 3.8) is 0 Å². The third-order valence-electron chi connectivity index (χ3n) is 3.44. The number of aromatic nitrogens is 2. The van der Waals surface area contributed by atoms with Crippen LogP contribution >= 0.6 is 0 Å². The van der Waals surface area contributed by atoms with Crippen LogP contribution in [0.2, 0.25) is 0 Å². The minimum Gasteiger partial charge on any atom is -0.468 e. The Morgan fingerprint density at radius 1 is 1.61 bits per heavy atom. The lowest BCUT2D eigenvalue weighted by atomic mass is 9.97. The van der Waals surface area contributed by atoms with E-state index in [9.17, 15) is 10.1 Å². The third kappa shape index (κ3) is 2.31. The molecule has 1 fully saturated rings. The molecule has 1 aliphatic heterocycles. The van der Waals surface area contributed by atoms with E-state index in [1.165, 1.54) is 0 Å². The van der Waals surface area contributed by atoms with Crippen LogP contribution in [0.25, 0.3) is 0 Å². The molecule has 100 valence electrons. The molecule has 18 heavy (non-hydrogen) atoms. The average molecular weight is 254 g/mol. The Kier molecular flexibility index (Phi) is 3.51. The molecule has 7 nitrogen and oxygen atoms in total. The molecule has 7 heteroatoms. The minimum absolute atomic E-state index is 0.0488. The van der Waals surface area contributed by atoms with Crippen molar-refractivity contribution >= 4 is 5.82 Å². The smallest absolute Gasteiger partial charge is 0.426 e. The number of ether oxygens (including phenoxy) is 1. The summed E-state index contributed by atoms with van der Waals surface area (Å²) in [5, 5.41) is 14.2. The van der Waals surface area contributed by atoms with Gasteiger partial charge < -0.3 is 20.2 Å². The first-order valence-corrected chi connectivity index (χ1v) is 6.05.